The molecule has 0 spiro atoms. The van der Waals surface area contributed by atoms with Crippen LogP contribution in [0.2, 0.25) is 0 Å². The lowest BCUT2D eigenvalue weighted by atomic mass is 9.95. The summed E-state index contributed by atoms with van der Waals surface area (Å²) in [5, 5.41) is 12.9. The summed E-state index contributed by atoms with van der Waals surface area (Å²) in [4.78, 5) is 26.8. The van der Waals surface area contributed by atoms with Crippen molar-refractivity contribution < 1.29 is 19.1 Å². The first-order valence-electron chi connectivity index (χ1n) is 12.7. The van der Waals surface area contributed by atoms with Crippen LogP contribution in [0.1, 0.15) is 77.5 Å². The zero-order valence-corrected chi connectivity index (χ0v) is 23.7. The summed E-state index contributed by atoms with van der Waals surface area (Å²) >= 11 is 2.81. The van der Waals surface area contributed by atoms with Gasteiger partial charge in [0.1, 0.15) is 10.8 Å². The van der Waals surface area contributed by atoms with Crippen LogP contribution in [0.25, 0.3) is 0 Å². The van der Waals surface area contributed by atoms with Crippen molar-refractivity contribution in [1.29, 1.82) is 0 Å². The van der Waals surface area contributed by atoms with Crippen LogP contribution in [-0.2, 0) is 28.9 Å². The molecule has 2 heterocycles. The monoisotopic (exact) mass is 542 g/mol. The zero-order chi connectivity index (χ0) is 26.5. The zero-order valence-electron chi connectivity index (χ0n) is 22.1. The van der Waals surface area contributed by atoms with Gasteiger partial charge in [0.15, 0.2) is 17.1 Å². The quantitative estimate of drug-likeness (QED) is 0.252. The average molecular weight is 543 g/mol. The minimum Gasteiger partial charge on any atom is -0.483 e. The van der Waals surface area contributed by atoms with E-state index in [0.717, 1.165) is 48.1 Å². The number of thiophene rings is 1. The first-order chi connectivity index (χ1) is 17.8. The molecule has 0 aliphatic heterocycles. The number of rotatable bonds is 10. The highest BCUT2D eigenvalue weighted by Crippen LogP contribution is 2.38. The van der Waals surface area contributed by atoms with Gasteiger partial charge in [-0.1, -0.05) is 17.8 Å². The van der Waals surface area contributed by atoms with Gasteiger partial charge in [0.2, 0.25) is 5.91 Å². The molecule has 0 fully saturated rings. The molecule has 1 atom stereocenters. The average Bonchev–Trinajstić information content (AvgIpc) is 3.42. The van der Waals surface area contributed by atoms with Crippen molar-refractivity contribution >= 4 is 40.0 Å². The van der Waals surface area contributed by atoms with Crippen LogP contribution in [0, 0.1) is 13.8 Å². The molecule has 0 saturated carbocycles. The number of anilines is 1. The smallest absolute Gasteiger partial charge is 0.341 e. The number of thioether (sulfide) groups is 1. The van der Waals surface area contributed by atoms with Crippen molar-refractivity contribution in [2.45, 2.75) is 78.1 Å². The largest absolute Gasteiger partial charge is 0.483 e. The van der Waals surface area contributed by atoms with Crippen molar-refractivity contribution in [2.75, 3.05) is 17.7 Å². The number of amides is 1. The normalized spacial score (nSPS) is 13.6. The molecule has 1 N–H and O–H groups in total. The Morgan fingerprint density at radius 1 is 1.14 bits per heavy atom. The summed E-state index contributed by atoms with van der Waals surface area (Å²) in [6, 6.07) is 6.11. The van der Waals surface area contributed by atoms with Gasteiger partial charge in [-0.15, -0.1) is 21.5 Å². The number of ether oxygens (including phenoxy) is 2. The maximum atomic E-state index is 12.9. The highest BCUT2D eigenvalue weighted by atomic mass is 32.2. The van der Waals surface area contributed by atoms with Crippen molar-refractivity contribution in [3.63, 3.8) is 0 Å². The van der Waals surface area contributed by atoms with Crippen molar-refractivity contribution in [3.05, 3.63) is 51.2 Å². The Morgan fingerprint density at radius 2 is 1.86 bits per heavy atom. The van der Waals surface area contributed by atoms with Gasteiger partial charge in [-0.3, -0.25) is 4.79 Å². The maximum Gasteiger partial charge on any atom is 0.341 e. The number of carbonyl (C=O) groups is 2. The molecule has 4 rings (SSSR count). The second-order valence-electron chi connectivity index (χ2n) is 9.14. The molecule has 1 amide bonds. The van der Waals surface area contributed by atoms with E-state index >= 15 is 0 Å². The van der Waals surface area contributed by atoms with Crippen LogP contribution < -0.4 is 10.1 Å². The Morgan fingerprint density at radius 3 is 2.57 bits per heavy atom. The van der Waals surface area contributed by atoms with E-state index in [1.807, 2.05) is 44.4 Å². The number of nitrogens with zero attached hydrogens (tertiary/aromatic N) is 3. The van der Waals surface area contributed by atoms with Gasteiger partial charge < -0.3 is 19.4 Å². The number of aryl methyl sites for hydroxylation is 3. The van der Waals surface area contributed by atoms with E-state index in [-0.39, 0.29) is 23.7 Å². The van der Waals surface area contributed by atoms with Crippen LogP contribution in [0.4, 0.5) is 5.00 Å². The number of hydrogen-bond acceptors (Lipinski definition) is 8. The number of aromatic nitrogens is 3. The molecule has 10 heteroatoms. The molecule has 0 radical (unpaired) electrons. The molecular formula is C27H34N4O4S2. The van der Waals surface area contributed by atoms with Crippen molar-refractivity contribution in [3.8, 4) is 5.75 Å². The summed E-state index contributed by atoms with van der Waals surface area (Å²) in [7, 11) is 0. The fourth-order valence-electron chi connectivity index (χ4n) is 4.63. The number of fused-ring (bicyclic) bond motifs is 1. The molecule has 37 heavy (non-hydrogen) atoms. The third-order valence-electron chi connectivity index (χ3n) is 6.17. The lowest BCUT2D eigenvalue weighted by molar-refractivity contribution is -0.113. The first-order valence-corrected chi connectivity index (χ1v) is 14.5. The van der Waals surface area contributed by atoms with Gasteiger partial charge in [-0.2, -0.15) is 0 Å². The van der Waals surface area contributed by atoms with Crippen molar-refractivity contribution in [1.82, 2.24) is 14.8 Å². The summed E-state index contributed by atoms with van der Waals surface area (Å²) in [5.41, 5.74) is 3.83. The van der Waals surface area contributed by atoms with E-state index in [1.54, 1.807) is 6.92 Å². The molecule has 198 valence electrons. The Balaban J connectivity index is 1.44. The lowest BCUT2D eigenvalue weighted by Gasteiger charge is -2.16. The van der Waals surface area contributed by atoms with E-state index < -0.39 is 0 Å². The van der Waals surface area contributed by atoms with E-state index in [2.05, 4.69) is 21.6 Å². The fourth-order valence-corrected chi connectivity index (χ4v) is 6.73. The van der Waals surface area contributed by atoms with Crippen LogP contribution in [0.3, 0.4) is 0 Å². The second kappa shape index (κ2) is 12.1. The van der Waals surface area contributed by atoms with Crippen molar-refractivity contribution in [2.24, 2.45) is 0 Å². The number of carbonyl (C=O) groups excluding carboxylic acids is 2. The number of hydrogen-bond donors (Lipinski definition) is 1. The van der Waals surface area contributed by atoms with Crippen LogP contribution in [0.5, 0.6) is 5.75 Å². The number of benzene rings is 1. The fraction of sp³-hybridized carbons (Fsp3) is 0.481. The molecule has 3 aromatic rings. The molecule has 2 aromatic heterocycles. The highest BCUT2D eigenvalue weighted by molar-refractivity contribution is 7.99. The molecular weight excluding hydrogens is 508 g/mol. The minimum atomic E-state index is -0.363. The molecule has 1 aliphatic rings. The van der Waals surface area contributed by atoms with Crippen LogP contribution in [0.15, 0.2) is 23.4 Å². The lowest BCUT2D eigenvalue weighted by Crippen LogP contribution is -2.17. The third-order valence-corrected chi connectivity index (χ3v) is 8.34. The van der Waals surface area contributed by atoms with Gasteiger partial charge in [0.05, 0.1) is 17.9 Å². The topological polar surface area (TPSA) is 95.3 Å². The Bertz CT molecular complexity index is 1260. The SMILES string of the molecule is CCOC(=O)c1c(NC(=O)CSc2nnc(C(C)Oc3cc(C)cc(C)c3)n2CC)sc2c1CCCC2. The highest BCUT2D eigenvalue weighted by Gasteiger charge is 2.27. The summed E-state index contributed by atoms with van der Waals surface area (Å²) < 4.78 is 13.4. The van der Waals surface area contributed by atoms with Gasteiger partial charge in [0.25, 0.3) is 0 Å². The number of nitrogens with one attached hydrogen (secondary N) is 1. The Kier molecular flexibility index (Phi) is 8.91. The Labute approximate surface area is 226 Å². The molecule has 1 aliphatic carbocycles. The molecule has 8 nitrogen and oxygen atoms in total. The third kappa shape index (κ3) is 6.35. The first kappa shape index (κ1) is 27.2. The molecule has 0 bridgehead atoms. The molecule has 1 aromatic carbocycles. The standard InChI is InChI=1S/C27H34N4O4S2/c1-6-31-24(18(5)35-19-13-16(3)12-17(4)14-19)29-30-27(31)36-15-22(32)28-25-23(26(33)34-7-2)20-10-8-9-11-21(20)37-25/h12-14,18H,6-11,15H2,1-5H3,(H,28,32). The molecule has 0 saturated heterocycles. The van der Waals surface area contributed by atoms with Crippen LogP contribution in [-0.4, -0.2) is 39.0 Å². The number of esters is 1. The summed E-state index contributed by atoms with van der Waals surface area (Å²) in [6.07, 6.45) is 3.61. The van der Waals surface area contributed by atoms with Gasteiger partial charge in [-0.25, -0.2) is 4.79 Å². The Hall–Kier alpha value is -2.85. The van der Waals surface area contributed by atoms with Gasteiger partial charge in [0, 0.05) is 11.4 Å². The summed E-state index contributed by atoms with van der Waals surface area (Å²) in [6.45, 7) is 10.8. The summed E-state index contributed by atoms with van der Waals surface area (Å²) in [5.74, 6) is 1.09. The van der Waals surface area contributed by atoms with Gasteiger partial charge >= 0.3 is 5.97 Å². The minimum absolute atomic E-state index is 0.148. The van der Waals surface area contributed by atoms with E-state index in [0.29, 0.717) is 34.7 Å². The van der Waals surface area contributed by atoms with E-state index in [4.69, 9.17) is 9.47 Å². The van der Waals surface area contributed by atoms with E-state index in [1.165, 1.54) is 28.0 Å². The predicted octanol–water partition coefficient (Wildman–Crippen LogP) is 5.90. The van der Waals surface area contributed by atoms with E-state index in [9.17, 15) is 9.59 Å². The van der Waals surface area contributed by atoms with Gasteiger partial charge in [-0.05, 0) is 89.1 Å². The second-order valence-corrected chi connectivity index (χ2v) is 11.2. The maximum absolute atomic E-state index is 12.9. The van der Waals surface area contributed by atoms with Crippen LogP contribution >= 0.6 is 23.1 Å². The molecule has 1 unspecified atom stereocenters. The predicted molar refractivity (Wildman–Crippen MR) is 147 cm³/mol.